The maximum atomic E-state index is 12.3. The molecule has 0 aliphatic heterocycles. The molecule has 2 aromatic rings. The van der Waals surface area contributed by atoms with Gasteiger partial charge in [-0.1, -0.05) is 31.5 Å². The van der Waals surface area contributed by atoms with Crippen molar-refractivity contribution in [3.63, 3.8) is 0 Å². The lowest BCUT2D eigenvalue weighted by Crippen LogP contribution is -2.16. The second-order valence-corrected chi connectivity index (χ2v) is 6.20. The van der Waals surface area contributed by atoms with Crippen molar-refractivity contribution in [3.8, 4) is 0 Å². The molecule has 0 unspecified atom stereocenters. The second-order valence-electron chi connectivity index (χ2n) is 5.76. The minimum absolute atomic E-state index is 0.287. The highest BCUT2D eigenvalue weighted by molar-refractivity contribution is 6.30. The third-order valence-corrected chi connectivity index (χ3v) is 3.42. The molecule has 1 aromatic heterocycles. The summed E-state index contributed by atoms with van der Waals surface area (Å²) >= 11 is 5.92. The number of benzene rings is 1. The molecule has 1 heterocycles. The summed E-state index contributed by atoms with van der Waals surface area (Å²) < 4.78 is 0. The Hall–Kier alpha value is -2.14. The van der Waals surface area contributed by atoms with Gasteiger partial charge in [-0.2, -0.15) is 0 Å². The number of hydrogen-bond donors (Lipinski definition) is 2. The van der Waals surface area contributed by atoms with Crippen molar-refractivity contribution in [3.05, 3.63) is 46.9 Å². The zero-order valence-electron chi connectivity index (χ0n) is 13.6. The van der Waals surface area contributed by atoms with Gasteiger partial charge in [-0.3, -0.25) is 4.79 Å². The van der Waals surface area contributed by atoms with Gasteiger partial charge in [0.2, 0.25) is 0 Å². The molecular weight excluding hydrogens is 312 g/mol. The highest BCUT2D eigenvalue weighted by atomic mass is 35.5. The Kier molecular flexibility index (Phi) is 5.93. The summed E-state index contributed by atoms with van der Waals surface area (Å²) in [4.78, 5) is 20.8. The number of rotatable bonds is 6. The summed E-state index contributed by atoms with van der Waals surface area (Å²) in [6, 6.07) is 8.66. The molecule has 0 bridgehead atoms. The Morgan fingerprint density at radius 3 is 2.74 bits per heavy atom. The van der Waals surface area contributed by atoms with E-state index in [1.807, 2.05) is 0 Å². The van der Waals surface area contributed by atoms with Crippen LogP contribution in [-0.2, 0) is 0 Å². The molecule has 2 N–H and O–H groups in total. The zero-order chi connectivity index (χ0) is 16.8. The summed E-state index contributed by atoms with van der Waals surface area (Å²) in [6.45, 7) is 6.90. The molecule has 0 saturated carbocycles. The minimum atomic E-state index is -0.287. The van der Waals surface area contributed by atoms with Gasteiger partial charge < -0.3 is 10.6 Å². The van der Waals surface area contributed by atoms with Gasteiger partial charge in [-0.05, 0) is 37.5 Å². The average Bonchev–Trinajstić information content (AvgIpc) is 2.46. The Morgan fingerprint density at radius 2 is 2.04 bits per heavy atom. The van der Waals surface area contributed by atoms with E-state index in [1.54, 1.807) is 37.3 Å². The number of aryl methyl sites for hydroxylation is 1. The first-order valence-corrected chi connectivity index (χ1v) is 7.98. The van der Waals surface area contributed by atoms with E-state index in [2.05, 4.69) is 34.4 Å². The van der Waals surface area contributed by atoms with Gasteiger partial charge in [0.05, 0.1) is 0 Å². The number of nitrogens with zero attached hydrogens (tertiary/aromatic N) is 2. The summed E-state index contributed by atoms with van der Waals surface area (Å²) in [5.41, 5.74) is 0.956. The predicted molar refractivity (Wildman–Crippen MR) is 94.1 cm³/mol. The monoisotopic (exact) mass is 332 g/mol. The fraction of sp³-hybridized carbons (Fsp3) is 0.353. The smallest absolute Gasteiger partial charge is 0.274 e. The minimum Gasteiger partial charge on any atom is -0.370 e. The molecule has 23 heavy (non-hydrogen) atoms. The van der Waals surface area contributed by atoms with Gasteiger partial charge in [-0.15, -0.1) is 0 Å². The molecule has 0 aliphatic carbocycles. The van der Waals surface area contributed by atoms with Crippen LogP contribution in [0.3, 0.4) is 0 Å². The molecule has 6 heteroatoms. The van der Waals surface area contributed by atoms with Crippen molar-refractivity contribution in [2.45, 2.75) is 27.2 Å². The van der Waals surface area contributed by atoms with Gasteiger partial charge in [0.15, 0.2) is 0 Å². The maximum Gasteiger partial charge on any atom is 0.274 e. The van der Waals surface area contributed by atoms with E-state index in [0.717, 1.165) is 13.0 Å². The lowest BCUT2D eigenvalue weighted by atomic mass is 10.1. The van der Waals surface area contributed by atoms with E-state index in [1.165, 1.54) is 0 Å². The second kappa shape index (κ2) is 7.92. The molecule has 0 spiro atoms. The highest BCUT2D eigenvalue weighted by Crippen LogP contribution is 2.16. The van der Waals surface area contributed by atoms with Gasteiger partial charge >= 0.3 is 0 Å². The van der Waals surface area contributed by atoms with Crippen LogP contribution in [0.1, 0.15) is 36.6 Å². The van der Waals surface area contributed by atoms with Gasteiger partial charge in [0.25, 0.3) is 5.91 Å². The van der Waals surface area contributed by atoms with Crippen LogP contribution < -0.4 is 10.6 Å². The van der Waals surface area contributed by atoms with Crippen LogP contribution in [0.4, 0.5) is 11.5 Å². The standard InChI is InChI=1S/C17H21ClN4O/c1-11(2)7-8-19-16-10-15(20-12(3)21-16)17(23)22-14-6-4-5-13(18)9-14/h4-6,9-11H,7-8H2,1-3H3,(H,22,23)(H,19,20,21). The molecule has 2 rings (SSSR count). The number of halogens is 1. The lowest BCUT2D eigenvalue weighted by Gasteiger charge is -2.10. The Morgan fingerprint density at radius 1 is 1.26 bits per heavy atom. The molecular formula is C17H21ClN4O. The number of carbonyl (C=O) groups is 1. The lowest BCUT2D eigenvalue weighted by molar-refractivity contribution is 0.102. The number of anilines is 2. The van der Waals surface area contributed by atoms with Crippen LogP contribution in [0.15, 0.2) is 30.3 Å². The molecule has 0 atom stereocenters. The number of nitrogens with one attached hydrogen (secondary N) is 2. The van der Waals surface area contributed by atoms with Crippen LogP contribution >= 0.6 is 11.6 Å². The SMILES string of the molecule is Cc1nc(NCCC(C)C)cc(C(=O)Nc2cccc(Cl)c2)n1. The third-order valence-electron chi connectivity index (χ3n) is 3.18. The Bertz CT molecular complexity index is 688. The van der Waals surface area contributed by atoms with Crippen LogP contribution in [0.5, 0.6) is 0 Å². The van der Waals surface area contributed by atoms with Crippen molar-refractivity contribution in [2.75, 3.05) is 17.2 Å². The molecule has 1 amide bonds. The first kappa shape index (κ1) is 17.2. The third kappa shape index (κ3) is 5.53. The van der Waals surface area contributed by atoms with E-state index < -0.39 is 0 Å². The quantitative estimate of drug-likeness (QED) is 0.834. The summed E-state index contributed by atoms with van der Waals surface area (Å²) in [5.74, 6) is 1.53. The van der Waals surface area contributed by atoms with Gasteiger partial charge in [0, 0.05) is 23.3 Å². The predicted octanol–water partition coefficient (Wildman–Crippen LogP) is 4.15. The van der Waals surface area contributed by atoms with Crippen LogP contribution in [0.2, 0.25) is 5.02 Å². The van der Waals surface area contributed by atoms with Crippen molar-refractivity contribution >= 4 is 29.0 Å². The first-order chi connectivity index (χ1) is 10.9. The number of amides is 1. The maximum absolute atomic E-state index is 12.3. The van der Waals surface area contributed by atoms with E-state index in [4.69, 9.17) is 11.6 Å². The highest BCUT2D eigenvalue weighted by Gasteiger charge is 2.11. The summed E-state index contributed by atoms with van der Waals surface area (Å²) in [7, 11) is 0. The zero-order valence-corrected chi connectivity index (χ0v) is 14.3. The summed E-state index contributed by atoms with van der Waals surface area (Å²) in [6.07, 6.45) is 1.03. The number of hydrogen-bond acceptors (Lipinski definition) is 4. The molecule has 1 aromatic carbocycles. The largest absolute Gasteiger partial charge is 0.370 e. The number of carbonyl (C=O) groups excluding carboxylic acids is 1. The molecule has 0 aliphatic rings. The molecule has 122 valence electrons. The van der Waals surface area contributed by atoms with E-state index >= 15 is 0 Å². The fourth-order valence-corrected chi connectivity index (χ4v) is 2.22. The van der Waals surface area contributed by atoms with Crippen LogP contribution in [-0.4, -0.2) is 22.4 Å². The van der Waals surface area contributed by atoms with E-state index in [-0.39, 0.29) is 5.91 Å². The van der Waals surface area contributed by atoms with Crippen molar-refractivity contribution in [1.82, 2.24) is 9.97 Å². The molecule has 0 fully saturated rings. The van der Waals surface area contributed by atoms with Crippen molar-refractivity contribution < 1.29 is 4.79 Å². The first-order valence-electron chi connectivity index (χ1n) is 7.60. The fourth-order valence-electron chi connectivity index (χ4n) is 2.02. The van der Waals surface area contributed by atoms with Crippen LogP contribution in [0.25, 0.3) is 0 Å². The van der Waals surface area contributed by atoms with Crippen molar-refractivity contribution in [2.24, 2.45) is 5.92 Å². The van der Waals surface area contributed by atoms with E-state index in [0.29, 0.717) is 34.0 Å². The molecule has 0 radical (unpaired) electrons. The molecule has 0 saturated heterocycles. The normalized spacial score (nSPS) is 10.7. The topological polar surface area (TPSA) is 66.9 Å². The van der Waals surface area contributed by atoms with E-state index in [9.17, 15) is 4.79 Å². The summed E-state index contributed by atoms with van der Waals surface area (Å²) in [5, 5.41) is 6.59. The molecule has 5 nitrogen and oxygen atoms in total. The Balaban J connectivity index is 2.09. The number of aromatic nitrogens is 2. The Labute approximate surface area is 141 Å². The van der Waals surface area contributed by atoms with Gasteiger partial charge in [0.1, 0.15) is 17.3 Å². The van der Waals surface area contributed by atoms with Crippen molar-refractivity contribution in [1.29, 1.82) is 0 Å². The average molecular weight is 333 g/mol. The van der Waals surface area contributed by atoms with Gasteiger partial charge in [-0.25, -0.2) is 9.97 Å². The van der Waals surface area contributed by atoms with Crippen LogP contribution in [0, 0.1) is 12.8 Å².